The second kappa shape index (κ2) is 5.11. The fraction of sp³-hybridized carbons (Fsp3) is 0.400. The molecule has 0 spiro atoms. The summed E-state index contributed by atoms with van der Waals surface area (Å²) >= 11 is 0. The van der Waals surface area contributed by atoms with Gasteiger partial charge in [-0.3, -0.25) is 4.79 Å². The molecule has 0 saturated carbocycles. The first-order valence-electron chi connectivity index (χ1n) is 6.10. The molecule has 1 heteroatoms. The monoisotopic (exact) mass is 214 g/mol. The van der Waals surface area contributed by atoms with Crippen molar-refractivity contribution >= 4 is 11.4 Å². The van der Waals surface area contributed by atoms with E-state index in [0.29, 0.717) is 18.6 Å². The first kappa shape index (κ1) is 11.1. The number of rotatable bonds is 4. The largest absolute Gasteiger partial charge is 0.300 e. The van der Waals surface area contributed by atoms with Gasteiger partial charge in [-0.1, -0.05) is 37.3 Å². The van der Waals surface area contributed by atoms with Crippen LogP contribution in [0.15, 0.2) is 30.3 Å². The molecule has 1 aromatic carbocycles. The molecule has 0 heterocycles. The summed E-state index contributed by atoms with van der Waals surface area (Å²) in [7, 11) is 0. The van der Waals surface area contributed by atoms with Crippen LogP contribution in [0, 0.1) is 0 Å². The summed E-state index contributed by atoms with van der Waals surface area (Å²) in [5, 5.41) is 0. The predicted molar refractivity (Wildman–Crippen MR) is 67.3 cm³/mol. The average molecular weight is 214 g/mol. The standard InChI is InChI=1S/C15H18O/c1-2-14(16)11-10-13-8-5-7-12-6-3-4-9-15(12)13/h3-4,6,8-9H,2,5,7,10-11H2,1H3. The van der Waals surface area contributed by atoms with Gasteiger partial charge in [-0.15, -0.1) is 0 Å². The lowest BCUT2D eigenvalue weighted by atomic mass is 9.88. The Morgan fingerprint density at radius 2 is 2.12 bits per heavy atom. The van der Waals surface area contributed by atoms with Crippen LogP contribution in [-0.2, 0) is 11.2 Å². The number of ketones is 1. The summed E-state index contributed by atoms with van der Waals surface area (Å²) in [6.45, 7) is 1.94. The zero-order valence-electron chi connectivity index (χ0n) is 9.83. The zero-order chi connectivity index (χ0) is 11.4. The SMILES string of the molecule is CCC(=O)CCC1=CCCc2ccccc21. The quantitative estimate of drug-likeness (QED) is 0.745. The summed E-state index contributed by atoms with van der Waals surface area (Å²) in [5.74, 6) is 0.365. The predicted octanol–water partition coefficient (Wildman–Crippen LogP) is 3.78. The molecule has 0 atom stereocenters. The number of aryl methyl sites for hydroxylation is 1. The van der Waals surface area contributed by atoms with Gasteiger partial charge in [0.05, 0.1) is 0 Å². The Bertz CT molecular complexity index is 415. The second-order valence-corrected chi connectivity index (χ2v) is 4.32. The van der Waals surface area contributed by atoms with Crippen molar-refractivity contribution in [2.24, 2.45) is 0 Å². The van der Waals surface area contributed by atoms with Crippen LogP contribution in [0.1, 0.15) is 43.7 Å². The fourth-order valence-electron chi connectivity index (χ4n) is 2.25. The molecule has 0 fully saturated rings. The highest BCUT2D eigenvalue weighted by molar-refractivity contribution is 5.81. The van der Waals surface area contributed by atoms with E-state index in [-0.39, 0.29) is 0 Å². The molecule has 0 saturated heterocycles. The summed E-state index contributed by atoms with van der Waals surface area (Å²) in [4.78, 5) is 11.3. The Morgan fingerprint density at radius 1 is 1.31 bits per heavy atom. The maximum absolute atomic E-state index is 11.3. The first-order chi connectivity index (χ1) is 7.81. The van der Waals surface area contributed by atoms with E-state index in [1.165, 1.54) is 16.7 Å². The van der Waals surface area contributed by atoms with Gasteiger partial charge in [0.25, 0.3) is 0 Å². The van der Waals surface area contributed by atoms with Gasteiger partial charge in [0, 0.05) is 12.8 Å². The molecule has 1 aromatic rings. The van der Waals surface area contributed by atoms with Crippen molar-refractivity contribution < 1.29 is 4.79 Å². The normalized spacial score (nSPS) is 14.2. The van der Waals surface area contributed by atoms with Crippen molar-refractivity contribution in [3.05, 3.63) is 41.5 Å². The van der Waals surface area contributed by atoms with Crippen LogP contribution in [0.3, 0.4) is 0 Å². The van der Waals surface area contributed by atoms with Crippen LogP contribution in [0.2, 0.25) is 0 Å². The molecule has 1 aliphatic carbocycles. The number of Topliss-reactive ketones (excluding diaryl/α,β-unsaturated/α-hetero) is 1. The highest BCUT2D eigenvalue weighted by Crippen LogP contribution is 2.29. The molecular weight excluding hydrogens is 196 g/mol. The Hall–Kier alpha value is -1.37. The van der Waals surface area contributed by atoms with Gasteiger partial charge in [-0.25, -0.2) is 0 Å². The highest BCUT2D eigenvalue weighted by Gasteiger charge is 2.12. The van der Waals surface area contributed by atoms with E-state index in [4.69, 9.17) is 0 Å². The minimum absolute atomic E-state index is 0.365. The highest BCUT2D eigenvalue weighted by atomic mass is 16.1. The van der Waals surface area contributed by atoms with Crippen molar-refractivity contribution in [1.82, 2.24) is 0 Å². The van der Waals surface area contributed by atoms with Crippen molar-refractivity contribution in [2.45, 2.75) is 39.0 Å². The maximum atomic E-state index is 11.3. The van der Waals surface area contributed by atoms with Crippen LogP contribution in [-0.4, -0.2) is 5.78 Å². The Balaban J connectivity index is 2.11. The molecule has 0 aromatic heterocycles. The van der Waals surface area contributed by atoms with Gasteiger partial charge in [0.2, 0.25) is 0 Å². The van der Waals surface area contributed by atoms with E-state index < -0.39 is 0 Å². The zero-order valence-corrected chi connectivity index (χ0v) is 9.83. The van der Waals surface area contributed by atoms with Crippen LogP contribution in [0.5, 0.6) is 0 Å². The van der Waals surface area contributed by atoms with E-state index in [9.17, 15) is 4.79 Å². The molecule has 0 N–H and O–H groups in total. The number of fused-ring (bicyclic) bond motifs is 1. The van der Waals surface area contributed by atoms with Crippen molar-refractivity contribution in [2.75, 3.05) is 0 Å². The van der Waals surface area contributed by atoms with Gasteiger partial charge in [-0.05, 0) is 36.0 Å². The third kappa shape index (κ3) is 2.41. The molecular formula is C15H18O. The molecule has 0 aliphatic heterocycles. The van der Waals surface area contributed by atoms with E-state index in [1.807, 2.05) is 6.92 Å². The fourth-order valence-corrected chi connectivity index (χ4v) is 2.25. The van der Waals surface area contributed by atoms with Crippen LogP contribution in [0.25, 0.3) is 5.57 Å². The van der Waals surface area contributed by atoms with Crippen LogP contribution in [0.4, 0.5) is 0 Å². The Morgan fingerprint density at radius 3 is 2.94 bits per heavy atom. The third-order valence-corrected chi connectivity index (χ3v) is 3.24. The van der Waals surface area contributed by atoms with Gasteiger partial charge in [0.15, 0.2) is 0 Å². The molecule has 0 unspecified atom stereocenters. The molecule has 84 valence electrons. The minimum atomic E-state index is 0.365. The first-order valence-corrected chi connectivity index (χ1v) is 6.10. The lowest BCUT2D eigenvalue weighted by molar-refractivity contribution is -0.118. The molecule has 1 nitrogen and oxygen atoms in total. The number of hydrogen-bond donors (Lipinski definition) is 0. The van der Waals surface area contributed by atoms with Crippen molar-refractivity contribution in [3.8, 4) is 0 Å². The van der Waals surface area contributed by atoms with Gasteiger partial charge < -0.3 is 0 Å². The van der Waals surface area contributed by atoms with Crippen LogP contribution >= 0.6 is 0 Å². The molecule has 2 rings (SSSR count). The van der Waals surface area contributed by atoms with Crippen molar-refractivity contribution in [1.29, 1.82) is 0 Å². The van der Waals surface area contributed by atoms with Gasteiger partial charge in [0.1, 0.15) is 5.78 Å². The number of hydrogen-bond acceptors (Lipinski definition) is 1. The van der Waals surface area contributed by atoms with E-state index in [1.54, 1.807) is 0 Å². The van der Waals surface area contributed by atoms with E-state index >= 15 is 0 Å². The maximum Gasteiger partial charge on any atom is 0.132 e. The number of carbonyl (C=O) groups excluding carboxylic acids is 1. The Labute approximate surface area is 97.2 Å². The summed E-state index contributed by atoms with van der Waals surface area (Å²) in [5.41, 5.74) is 4.16. The van der Waals surface area contributed by atoms with E-state index in [2.05, 4.69) is 30.3 Å². The number of allylic oxidation sites excluding steroid dienone is 2. The second-order valence-electron chi connectivity index (χ2n) is 4.32. The third-order valence-electron chi connectivity index (χ3n) is 3.24. The van der Waals surface area contributed by atoms with Gasteiger partial charge in [-0.2, -0.15) is 0 Å². The molecule has 0 radical (unpaired) electrons. The smallest absolute Gasteiger partial charge is 0.132 e. The summed E-state index contributed by atoms with van der Waals surface area (Å²) in [6, 6.07) is 8.55. The topological polar surface area (TPSA) is 17.1 Å². The minimum Gasteiger partial charge on any atom is -0.300 e. The number of carbonyl (C=O) groups is 1. The molecule has 0 amide bonds. The molecule has 0 bridgehead atoms. The Kier molecular flexibility index (Phi) is 3.55. The van der Waals surface area contributed by atoms with E-state index in [0.717, 1.165) is 19.3 Å². The lowest BCUT2D eigenvalue weighted by Crippen LogP contribution is -2.02. The van der Waals surface area contributed by atoms with Gasteiger partial charge >= 0.3 is 0 Å². The summed E-state index contributed by atoms with van der Waals surface area (Å²) < 4.78 is 0. The average Bonchev–Trinajstić information content (AvgIpc) is 2.35. The molecule has 1 aliphatic rings. The lowest BCUT2D eigenvalue weighted by Gasteiger charge is -2.17. The van der Waals surface area contributed by atoms with Crippen LogP contribution < -0.4 is 0 Å². The molecule has 16 heavy (non-hydrogen) atoms. The number of benzene rings is 1. The van der Waals surface area contributed by atoms with Crippen molar-refractivity contribution in [3.63, 3.8) is 0 Å². The summed E-state index contributed by atoms with van der Waals surface area (Å²) in [6.07, 6.45) is 6.81.